The van der Waals surface area contributed by atoms with Crippen molar-refractivity contribution >= 4 is 40.8 Å². The summed E-state index contributed by atoms with van der Waals surface area (Å²) in [6.07, 6.45) is 8.80. The molecule has 2 aromatic carbocycles. The van der Waals surface area contributed by atoms with E-state index in [1.54, 1.807) is 12.3 Å². The van der Waals surface area contributed by atoms with Crippen LogP contribution in [0, 0.1) is 0 Å². The van der Waals surface area contributed by atoms with Gasteiger partial charge < -0.3 is 9.47 Å². The number of esters is 1. The van der Waals surface area contributed by atoms with Crippen molar-refractivity contribution in [2.24, 2.45) is 0 Å². The average Bonchev–Trinajstić information content (AvgIpc) is 3.26. The normalized spacial score (nSPS) is 16.2. The van der Waals surface area contributed by atoms with Crippen LogP contribution in [-0.2, 0) is 9.47 Å². The highest BCUT2D eigenvalue weighted by molar-refractivity contribution is 7.99. The van der Waals surface area contributed by atoms with Crippen molar-refractivity contribution in [3.8, 4) is 0 Å². The van der Waals surface area contributed by atoms with E-state index in [4.69, 9.17) is 14.6 Å². The highest BCUT2D eigenvalue weighted by Crippen LogP contribution is 2.35. The van der Waals surface area contributed by atoms with Gasteiger partial charge >= 0.3 is 5.97 Å². The summed E-state index contributed by atoms with van der Waals surface area (Å²) in [5.41, 5.74) is 3.32. The van der Waals surface area contributed by atoms with E-state index >= 15 is 0 Å². The van der Waals surface area contributed by atoms with Crippen LogP contribution >= 0.6 is 11.8 Å². The van der Waals surface area contributed by atoms with E-state index in [1.807, 2.05) is 53.2 Å². The number of pyridine rings is 1. The molecule has 1 aliphatic rings. The molecule has 0 aliphatic carbocycles. The Bertz CT molecular complexity index is 1330. The molecule has 1 aliphatic heterocycles. The van der Waals surface area contributed by atoms with Crippen molar-refractivity contribution in [2.75, 3.05) is 13.7 Å². The van der Waals surface area contributed by atoms with Gasteiger partial charge in [0.1, 0.15) is 0 Å². The molecule has 1 fully saturated rings. The molecule has 6 nitrogen and oxygen atoms in total. The number of aromatic nitrogens is 3. The number of methoxy groups -OCH3 is 1. The summed E-state index contributed by atoms with van der Waals surface area (Å²) in [6, 6.07) is 19.6. The molecule has 0 radical (unpaired) electrons. The summed E-state index contributed by atoms with van der Waals surface area (Å²) in [4.78, 5) is 18.5. The molecule has 4 aromatic rings. The Morgan fingerprint density at radius 2 is 2.00 bits per heavy atom. The van der Waals surface area contributed by atoms with Crippen LogP contribution in [0.1, 0.15) is 47.2 Å². The number of nitrogens with zero attached hydrogens (tertiary/aromatic N) is 3. The van der Waals surface area contributed by atoms with Crippen LogP contribution in [0.3, 0.4) is 0 Å². The van der Waals surface area contributed by atoms with Gasteiger partial charge in [-0.25, -0.2) is 9.48 Å². The number of carbonyl (C=O) groups is 1. The first-order valence-corrected chi connectivity index (χ1v) is 12.1. The number of fused-ring (bicyclic) bond motifs is 1. The lowest BCUT2D eigenvalue weighted by Gasteiger charge is -2.23. The summed E-state index contributed by atoms with van der Waals surface area (Å²) in [7, 11) is 1.40. The standard InChI is InChI=1S/C27H25N3O3S/c1-32-27(31)22-9-2-3-10-25(22)34-20-13-14-21-23(15-12-19-8-4-6-16-28-19)29-30(24(21)18-20)26-11-5-7-17-33-26/h2-4,6,8-10,12-16,18,26H,5,7,11,17H2,1H3/b15-12+. The predicted octanol–water partition coefficient (Wildman–Crippen LogP) is 6.24. The number of carbonyl (C=O) groups excluding carboxylic acids is 1. The number of benzene rings is 2. The Hall–Kier alpha value is -3.42. The van der Waals surface area contributed by atoms with Crippen LogP contribution in [-0.4, -0.2) is 34.5 Å². The highest BCUT2D eigenvalue weighted by atomic mass is 32.2. The second kappa shape index (κ2) is 10.2. The van der Waals surface area contributed by atoms with Crippen LogP contribution < -0.4 is 0 Å². The van der Waals surface area contributed by atoms with Gasteiger partial charge in [-0.05, 0) is 73.9 Å². The molecule has 1 atom stereocenters. The predicted molar refractivity (Wildman–Crippen MR) is 134 cm³/mol. The van der Waals surface area contributed by atoms with E-state index < -0.39 is 0 Å². The summed E-state index contributed by atoms with van der Waals surface area (Å²) >= 11 is 1.54. The van der Waals surface area contributed by atoms with Gasteiger partial charge in [0, 0.05) is 28.0 Å². The smallest absolute Gasteiger partial charge is 0.339 e. The molecule has 1 saturated heterocycles. The Labute approximate surface area is 202 Å². The Balaban J connectivity index is 1.54. The zero-order valence-corrected chi connectivity index (χ0v) is 19.7. The SMILES string of the molecule is COC(=O)c1ccccc1Sc1ccc2c(/C=C/c3ccccn3)nn(C3CCCCO3)c2c1. The van der Waals surface area contributed by atoms with E-state index in [-0.39, 0.29) is 12.2 Å². The molecule has 5 rings (SSSR count). The Morgan fingerprint density at radius 3 is 2.79 bits per heavy atom. The quantitative estimate of drug-likeness (QED) is 0.310. The first-order valence-electron chi connectivity index (χ1n) is 11.3. The zero-order chi connectivity index (χ0) is 23.3. The number of rotatable bonds is 6. The molecule has 3 heterocycles. The third kappa shape index (κ3) is 4.76. The first kappa shape index (κ1) is 22.4. The van der Waals surface area contributed by atoms with Crippen molar-refractivity contribution in [1.29, 1.82) is 0 Å². The lowest BCUT2D eigenvalue weighted by atomic mass is 10.1. The second-order valence-electron chi connectivity index (χ2n) is 8.01. The molecule has 172 valence electrons. The number of hydrogen-bond donors (Lipinski definition) is 0. The first-order chi connectivity index (χ1) is 16.7. The molecule has 2 aromatic heterocycles. The molecule has 7 heteroatoms. The Morgan fingerprint density at radius 1 is 1.12 bits per heavy atom. The minimum atomic E-state index is -0.341. The molecule has 0 N–H and O–H groups in total. The Kier molecular flexibility index (Phi) is 6.74. The summed E-state index contributed by atoms with van der Waals surface area (Å²) in [6.45, 7) is 0.742. The summed E-state index contributed by atoms with van der Waals surface area (Å²) in [5, 5.41) is 5.98. The monoisotopic (exact) mass is 471 g/mol. The molecule has 0 bridgehead atoms. The van der Waals surface area contributed by atoms with Gasteiger partial charge in [0.05, 0.1) is 29.6 Å². The molecule has 1 unspecified atom stereocenters. The van der Waals surface area contributed by atoms with Gasteiger partial charge in [-0.2, -0.15) is 5.10 Å². The minimum absolute atomic E-state index is 0.0872. The van der Waals surface area contributed by atoms with Crippen molar-refractivity contribution in [3.05, 3.63) is 83.8 Å². The molecule has 0 spiro atoms. The van der Waals surface area contributed by atoms with E-state index in [0.29, 0.717) is 5.56 Å². The van der Waals surface area contributed by atoms with Gasteiger partial charge in [0.2, 0.25) is 0 Å². The van der Waals surface area contributed by atoms with Gasteiger partial charge in [0.25, 0.3) is 0 Å². The van der Waals surface area contributed by atoms with Crippen LogP contribution in [0.2, 0.25) is 0 Å². The van der Waals surface area contributed by atoms with Crippen LogP contribution in [0.25, 0.3) is 23.1 Å². The third-order valence-electron chi connectivity index (χ3n) is 5.76. The fourth-order valence-corrected chi connectivity index (χ4v) is 5.03. The van der Waals surface area contributed by atoms with Crippen molar-refractivity contribution in [3.63, 3.8) is 0 Å². The maximum atomic E-state index is 12.2. The van der Waals surface area contributed by atoms with Crippen molar-refractivity contribution in [2.45, 2.75) is 35.3 Å². The molecule has 34 heavy (non-hydrogen) atoms. The van der Waals surface area contributed by atoms with Crippen LogP contribution in [0.4, 0.5) is 0 Å². The topological polar surface area (TPSA) is 66.2 Å². The van der Waals surface area contributed by atoms with Crippen molar-refractivity contribution < 1.29 is 14.3 Å². The van der Waals surface area contributed by atoms with E-state index in [9.17, 15) is 4.79 Å². The average molecular weight is 472 g/mol. The summed E-state index contributed by atoms with van der Waals surface area (Å²) in [5.74, 6) is -0.341. The van der Waals surface area contributed by atoms with Gasteiger partial charge in [-0.15, -0.1) is 0 Å². The lowest BCUT2D eigenvalue weighted by molar-refractivity contribution is -0.0367. The number of hydrogen-bond acceptors (Lipinski definition) is 6. The molecule has 0 saturated carbocycles. The van der Waals surface area contributed by atoms with Gasteiger partial charge in [-0.3, -0.25) is 4.98 Å². The maximum absolute atomic E-state index is 12.2. The fourth-order valence-electron chi connectivity index (χ4n) is 4.06. The maximum Gasteiger partial charge on any atom is 0.339 e. The van der Waals surface area contributed by atoms with E-state index in [1.165, 1.54) is 18.9 Å². The number of ether oxygens (including phenoxy) is 2. The van der Waals surface area contributed by atoms with Crippen LogP contribution in [0.15, 0.2) is 76.7 Å². The molecular weight excluding hydrogens is 446 g/mol. The highest BCUT2D eigenvalue weighted by Gasteiger charge is 2.21. The van der Waals surface area contributed by atoms with E-state index in [2.05, 4.69) is 23.2 Å². The zero-order valence-electron chi connectivity index (χ0n) is 18.9. The van der Waals surface area contributed by atoms with E-state index in [0.717, 1.165) is 58.0 Å². The van der Waals surface area contributed by atoms with Crippen molar-refractivity contribution in [1.82, 2.24) is 14.8 Å². The minimum Gasteiger partial charge on any atom is -0.465 e. The second-order valence-corrected chi connectivity index (χ2v) is 9.12. The van der Waals surface area contributed by atoms with Gasteiger partial charge in [-0.1, -0.05) is 30.0 Å². The fraction of sp³-hybridized carbons (Fsp3) is 0.222. The van der Waals surface area contributed by atoms with Crippen LogP contribution in [0.5, 0.6) is 0 Å². The lowest BCUT2D eigenvalue weighted by Crippen LogP contribution is -2.19. The third-order valence-corrected chi connectivity index (χ3v) is 6.82. The molecule has 0 amide bonds. The summed E-state index contributed by atoms with van der Waals surface area (Å²) < 4.78 is 13.0. The van der Waals surface area contributed by atoms with Gasteiger partial charge in [0.15, 0.2) is 6.23 Å². The molecular formula is C27H25N3O3S. The largest absolute Gasteiger partial charge is 0.465 e.